The third-order valence-electron chi connectivity index (χ3n) is 4.51. The molecule has 1 aliphatic heterocycles. The Bertz CT molecular complexity index is 790. The topological polar surface area (TPSA) is 58.6 Å². The van der Waals surface area contributed by atoms with E-state index >= 15 is 0 Å². The van der Waals surface area contributed by atoms with Gasteiger partial charge in [-0.1, -0.05) is 19.1 Å². The summed E-state index contributed by atoms with van der Waals surface area (Å²) in [6.07, 6.45) is 1.11. The van der Waals surface area contributed by atoms with Gasteiger partial charge in [-0.3, -0.25) is 9.59 Å². The number of benzene rings is 2. The Labute approximate surface area is 158 Å². The molecule has 0 bridgehead atoms. The van der Waals surface area contributed by atoms with Gasteiger partial charge in [0.1, 0.15) is 18.2 Å². The first-order chi connectivity index (χ1) is 13.1. The normalized spacial score (nSPS) is 16.4. The van der Waals surface area contributed by atoms with E-state index in [9.17, 15) is 14.0 Å². The van der Waals surface area contributed by atoms with E-state index in [-0.39, 0.29) is 30.0 Å². The first kappa shape index (κ1) is 18.9. The van der Waals surface area contributed by atoms with Gasteiger partial charge < -0.3 is 15.0 Å². The molecule has 1 N–H and O–H groups in total. The Kier molecular flexibility index (Phi) is 6.06. The van der Waals surface area contributed by atoms with Gasteiger partial charge >= 0.3 is 0 Å². The molecule has 2 aromatic rings. The number of nitrogens with zero attached hydrogens (tertiary/aromatic N) is 1. The standard InChI is InChI=1S/C21H23FN2O3/c1-2-11-23-21(26)16-12-20(25)24(13-16)18-7-9-19(10-8-18)27-14-15-3-5-17(22)6-4-15/h3-10,16H,2,11-14H2,1H3,(H,23,26)/t16-/m0/s1. The third kappa shape index (κ3) is 4.84. The number of rotatable bonds is 7. The average molecular weight is 370 g/mol. The Morgan fingerprint density at radius 3 is 2.56 bits per heavy atom. The number of amides is 2. The zero-order valence-electron chi connectivity index (χ0n) is 15.3. The van der Waals surface area contributed by atoms with Crippen molar-refractivity contribution >= 4 is 17.5 Å². The number of hydrogen-bond donors (Lipinski definition) is 1. The van der Waals surface area contributed by atoms with Crippen molar-refractivity contribution in [3.05, 3.63) is 59.9 Å². The quantitative estimate of drug-likeness (QED) is 0.814. The van der Waals surface area contributed by atoms with Crippen molar-refractivity contribution in [1.82, 2.24) is 5.32 Å². The van der Waals surface area contributed by atoms with Crippen LogP contribution in [0.4, 0.5) is 10.1 Å². The maximum atomic E-state index is 12.9. The fourth-order valence-corrected chi connectivity index (χ4v) is 2.99. The number of carbonyl (C=O) groups is 2. The Morgan fingerprint density at radius 1 is 1.19 bits per heavy atom. The minimum atomic E-state index is -0.307. The van der Waals surface area contributed by atoms with Crippen LogP contribution in [0.2, 0.25) is 0 Å². The molecule has 0 spiro atoms. The smallest absolute Gasteiger partial charge is 0.227 e. The summed E-state index contributed by atoms with van der Waals surface area (Å²) < 4.78 is 18.6. The molecule has 2 amide bonds. The molecule has 1 atom stereocenters. The van der Waals surface area contributed by atoms with Gasteiger partial charge in [-0.2, -0.15) is 0 Å². The fraction of sp³-hybridized carbons (Fsp3) is 0.333. The van der Waals surface area contributed by atoms with E-state index in [1.165, 1.54) is 12.1 Å². The molecule has 1 fully saturated rings. The van der Waals surface area contributed by atoms with Crippen LogP contribution < -0.4 is 15.0 Å². The van der Waals surface area contributed by atoms with Crippen LogP contribution in [0.25, 0.3) is 0 Å². The highest BCUT2D eigenvalue weighted by atomic mass is 19.1. The number of carbonyl (C=O) groups excluding carboxylic acids is 2. The first-order valence-corrected chi connectivity index (χ1v) is 9.12. The van der Waals surface area contributed by atoms with Gasteiger partial charge in [0, 0.05) is 25.2 Å². The summed E-state index contributed by atoms with van der Waals surface area (Å²) in [7, 11) is 0. The van der Waals surface area contributed by atoms with Gasteiger partial charge in [0.25, 0.3) is 0 Å². The van der Waals surface area contributed by atoms with Crippen molar-refractivity contribution < 1.29 is 18.7 Å². The van der Waals surface area contributed by atoms with Gasteiger partial charge in [-0.15, -0.1) is 0 Å². The van der Waals surface area contributed by atoms with E-state index in [0.29, 0.717) is 25.4 Å². The molecule has 142 valence electrons. The summed E-state index contributed by atoms with van der Waals surface area (Å²) in [4.78, 5) is 26.0. The monoisotopic (exact) mass is 370 g/mol. The molecule has 0 unspecified atom stereocenters. The van der Waals surface area contributed by atoms with Crippen molar-refractivity contribution in [3.63, 3.8) is 0 Å². The minimum absolute atomic E-state index is 0.0494. The Morgan fingerprint density at radius 2 is 1.89 bits per heavy atom. The number of anilines is 1. The number of nitrogens with one attached hydrogen (secondary N) is 1. The number of hydrogen-bond acceptors (Lipinski definition) is 3. The van der Waals surface area contributed by atoms with E-state index in [2.05, 4.69) is 5.32 Å². The summed E-state index contributed by atoms with van der Waals surface area (Å²) in [5.41, 5.74) is 1.62. The average Bonchev–Trinajstić information content (AvgIpc) is 3.08. The first-order valence-electron chi connectivity index (χ1n) is 9.12. The highest BCUT2D eigenvalue weighted by Crippen LogP contribution is 2.27. The van der Waals surface area contributed by atoms with Crippen LogP contribution in [0, 0.1) is 11.7 Å². The third-order valence-corrected chi connectivity index (χ3v) is 4.51. The molecule has 0 aromatic heterocycles. The molecule has 1 heterocycles. The molecule has 0 radical (unpaired) electrons. The van der Waals surface area contributed by atoms with Gasteiger partial charge in [-0.05, 0) is 48.4 Å². The zero-order chi connectivity index (χ0) is 19.2. The van der Waals surface area contributed by atoms with Crippen molar-refractivity contribution in [2.45, 2.75) is 26.4 Å². The van der Waals surface area contributed by atoms with Gasteiger partial charge in [0.15, 0.2) is 0 Å². The lowest BCUT2D eigenvalue weighted by atomic mass is 10.1. The van der Waals surface area contributed by atoms with E-state index in [1.54, 1.807) is 29.2 Å². The lowest BCUT2D eigenvalue weighted by molar-refractivity contribution is -0.126. The summed E-state index contributed by atoms with van der Waals surface area (Å²) >= 11 is 0. The fourth-order valence-electron chi connectivity index (χ4n) is 2.99. The largest absolute Gasteiger partial charge is 0.489 e. The van der Waals surface area contributed by atoms with Gasteiger partial charge in [-0.25, -0.2) is 4.39 Å². The van der Waals surface area contributed by atoms with Crippen molar-refractivity contribution in [2.24, 2.45) is 5.92 Å². The van der Waals surface area contributed by atoms with E-state index < -0.39 is 0 Å². The van der Waals surface area contributed by atoms with Crippen LogP contribution in [0.15, 0.2) is 48.5 Å². The maximum Gasteiger partial charge on any atom is 0.227 e. The second kappa shape index (κ2) is 8.66. The number of ether oxygens (including phenoxy) is 1. The molecule has 6 heteroatoms. The Hall–Kier alpha value is -2.89. The SMILES string of the molecule is CCCNC(=O)[C@H]1CC(=O)N(c2ccc(OCc3ccc(F)cc3)cc2)C1. The molecular weight excluding hydrogens is 347 g/mol. The molecule has 27 heavy (non-hydrogen) atoms. The lowest BCUT2D eigenvalue weighted by Crippen LogP contribution is -2.33. The molecule has 1 aliphatic rings. The summed E-state index contributed by atoms with van der Waals surface area (Å²) in [5.74, 6) is -0.0379. The molecule has 0 aliphatic carbocycles. The summed E-state index contributed by atoms with van der Waals surface area (Å²) in [6, 6.07) is 13.3. The van der Waals surface area contributed by atoms with Gasteiger partial charge in [0.2, 0.25) is 11.8 Å². The minimum Gasteiger partial charge on any atom is -0.489 e. The highest BCUT2D eigenvalue weighted by molar-refractivity contribution is 6.00. The van der Waals surface area contributed by atoms with Crippen molar-refractivity contribution in [1.29, 1.82) is 0 Å². The zero-order valence-corrected chi connectivity index (χ0v) is 15.3. The Balaban J connectivity index is 1.57. The van der Waals surface area contributed by atoms with Crippen LogP contribution in [-0.4, -0.2) is 24.9 Å². The van der Waals surface area contributed by atoms with E-state index in [1.807, 2.05) is 19.1 Å². The van der Waals surface area contributed by atoms with E-state index in [0.717, 1.165) is 17.7 Å². The summed E-state index contributed by atoms with van der Waals surface area (Å²) in [5, 5.41) is 2.85. The molecule has 3 rings (SSSR count). The maximum absolute atomic E-state index is 12.9. The van der Waals surface area contributed by atoms with Crippen LogP contribution >= 0.6 is 0 Å². The molecule has 0 saturated carbocycles. The predicted octanol–water partition coefficient (Wildman–Crippen LogP) is 3.28. The van der Waals surface area contributed by atoms with Crippen LogP contribution in [0.5, 0.6) is 5.75 Å². The van der Waals surface area contributed by atoms with Crippen LogP contribution in [0.3, 0.4) is 0 Å². The van der Waals surface area contributed by atoms with Gasteiger partial charge in [0.05, 0.1) is 5.92 Å². The van der Waals surface area contributed by atoms with Crippen molar-refractivity contribution in [3.8, 4) is 5.75 Å². The molecule has 2 aromatic carbocycles. The van der Waals surface area contributed by atoms with E-state index in [4.69, 9.17) is 4.74 Å². The predicted molar refractivity (Wildman–Crippen MR) is 101 cm³/mol. The van der Waals surface area contributed by atoms with Crippen molar-refractivity contribution in [2.75, 3.05) is 18.0 Å². The molecular formula is C21H23FN2O3. The van der Waals surface area contributed by atoms with Crippen LogP contribution in [-0.2, 0) is 16.2 Å². The highest BCUT2D eigenvalue weighted by Gasteiger charge is 2.34. The molecule has 1 saturated heterocycles. The molecule has 5 nitrogen and oxygen atoms in total. The lowest BCUT2D eigenvalue weighted by Gasteiger charge is -2.17. The second-order valence-electron chi connectivity index (χ2n) is 6.61. The number of halogens is 1. The second-order valence-corrected chi connectivity index (χ2v) is 6.61. The van der Waals surface area contributed by atoms with Crippen LogP contribution in [0.1, 0.15) is 25.3 Å². The summed E-state index contributed by atoms with van der Waals surface area (Å²) in [6.45, 7) is 3.35.